The molecular weight excluding hydrogens is 546 g/mol. The molecule has 1 N–H and O–H groups in total. The van der Waals surface area contributed by atoms with Crippen LogP contribution in [0, 0.1) is 0 Å². The molecule has 13 heteroatoms. The maximum Gasteiger partial charge on any atom is 0.430 e. The van der Waals surface area contributed by atoms with Crippen LogP contribution in [0.5, 0.6) is 5.75 Å². The van der Waals surface area contributed by atoms with Crippen molar-refractivity contribution in [1.82, 2.24) is 9.55 Å². The highest BCUT2D eigenvalue weighted by atomic mass is 19.4. The van der Waals surface area contributed by atoms with Crippen LogP contribution < -0.4 is 10.3 Å². The minimum atomic E-state index is -6.20. The lowest BCUT2D eigenvalue weighted by molar-refractivity contribution is -0.376. The first kappa shape index (κ1) is 28.6. The Bertz CT molecular complexity index is 1620. The van der Waals surface area contributed by atoms with Crippen molar-refractivity contribution in [2.24, 2.45) is 0 Å². The summed E-state index contributed by atoms with van der Waals surface area (Å²) < 4.78 is 92.1. The number of carbonyl (C=O) groups excluding carboxylic acids is 1. The summed E-state index contributed by atoms with van der Waals surface area (Å²) in [7, 11) is 2.21. The molecule has 0 spiro atoms. The van der Waals surface area contributed by atoms with E-state index in [0.717, 1.165) is 11.7 Å². The standard InChI is InChI=1S/C27H20F6N2O5/c1-39-17-9-10-20-18(14-17)23(36)35(22(34-20)12-15-6-4-3-5-7-15)21-11-8-16(13-19(21)24(37)40-2)25(38,26(28,29)30)27(31,32)33/h3-11,13-14,38H,12H2,1-2H3. The van der Waals surface area contributed by atoms with Crippen molar-refractivity contribution < 1.29 is 45.7 Å². The number of halogens is 6. The van der Waals surface area contributed by atoms with Crippen LogP contribution >= 0.6 is 0 Å². The highest BCUT2D eigenvalue weighted by Gasteiger charge is 2.71. The van der Waals surface area contributed by atoms with Crippen LogP contribution in [-0.4, -0.2) is 47.2 Å². The maximum absolute atomic E-state index is 13.8. The van der Waals surface area contributed by atoms with E-state index in [0.29, 0.717) is 17.7 Å². The van der Waals surface area contributed by atoms with Crippen LogP contribution in [0.4, 0.5) is 26.3 Å². The fourth-order valence-corrected chi connectivity index (χ4v) is 4.20. The number of aromatic nitrogens is 2. The van der Waals surface area contributed by atoms with Gasteiger partial charge in [-0.25, -0.2) is 9.78 Å². The number of benzene rings is 3. The average molecular weight is 566 g/mol. The van der Waals surface area contributed by atoms with E-state index in [9.17, 15) is 41.0 Å². The normalized spacial score (nSPS) is 12.4. The Hall–Kier alpha value is -4.39. The lowest BCUT2D eigenvalue weighted by Crippen LogP contribution is -2.54. The largest absolute Gasteiger partial charge is 0.497 e. The number of aliphatic hydroxyl groups is 1. The van der Waals surface area contributed by atoms with Gasteiger partial charge in [-0.05, 0) is 35.9 Å². The molecule has 0 radical (unpaired) electrons. The van der Waals surface area contributed by atoms with Crippen LogP contribution in [0.25, 0.3) is 16.6 Å². The molecule has 0 atom stereocenters. The van der Waals surface area contributed by atoms with E-state index in [1.54, 1.807) is 36.4 Å². The van der Waals surface area contributed by atoms with Gasteiger partial charge in [0.25, 0.3) is 11.2 Å². The monoisotopic (exact) mass is 566 g/mol. The van der Waals surface area contributed by atoms with Crippen LogP contribution in [0.15, 0.2) is 71.5 Å². The van der Waals surface area contributed by atoms with Gasteiger partial charge in [0.15, 0.2) is 0 Å². The molecule has 4 aromatic rings. The van der Waals surface area contributed by atoms with Crippen molar-refractivity contribution in [1.29, 1.82) is 0 Å². The summed E-state index contributed by atoms with van der Waals surface area (Å²) >= 11 is 0. The van der Waals surface area contributed by atoms with Gasteiger partial charge in [-0.2, -0.15) is 26.3 Å². The van der Waals surface area contributed by atoms with Crippen molar-refractivity contribution >= 4 is 16.9 Å². The van der Waals surface area contributed by atoms with Crippen molar-refractivity contribution in [3.8, 4) is 11.4 Å². The van der Waals surface area contributed by atoms with E-state index in [1.165, 1.54) is 19.2 Å². The number of hydrogen-bond acceptors (Lipinski definition) is 6. The second-order valence-corrected chi connectivity index (χ2v) is 8.64. The van der Waals surface area contributed by atoms with Crippen LogP contribution in [0.3, 0.4) is 0 Å². The van der Waals surface area contributed by atoms with E-state index < -0.39 is 46.3 Å². The second-order valence-electron chi connectivity index (χ2n) is 8.64. The molecule has 4 rings (SSSR count). The highest BCUT2D eigenvalue weighted by Crippen LogP contribution is 2.50. The summed E-state index contributed by atoms with van der Waals surface area (Å²) in [5.41, 5.74) is -8.14. The predicted molar refractivity (Wildman–Crippen MR) is 130 cm³/mol. The molecule has 0 aliphatic rings. The van der Waals surface area contributed by atoms with E-state index in [-0.39, 0.29) is 35.0 Å². The number of carbonyl (C=O) groups is 1. The Morgan fingerprint density at radius 1 is 0.925 bits per heavy atom. The molecule has 7 nitrogen and oxygen atoms in total. The molecule has 1 heterocycles. The number of esters is 1. The van der Waals surface area contributed by atoms with Crippen molar-refractivity contribution in [2.75, 3.05) is 14.2 Å². The average Bonchev–Trinajstić information content (AvgIpc) is 2.91. The van der Waals surface area contributed by atoms with Gasteiger partial charge >= 0.3 is 18.3 Å². The Morgan fingerprint density at radius 2 is 1.57 bits per heavy atom. The molecule has 0 bridgehead atoms. The first-order valence-electron chi connectivity index (χ1n) is 11.5. The molecule has 0 aliphatic carbocycles. The minimum Gasteiger partial charge on any atom is -0.497 e. The van der Waals surface area contributed by atoms with Gasteiger partial charge in [0.05, 0.1) is 36.4 Å². The van der Waals surface area contributed by atoms with Gasteiger partial charge in [-0.1, -0.05) is 36.4 Å². The molecular formula is C27H20F6N2O5. The summed E-state index contributed by atoms with van der Waals surface area (Å²) in [6, 6.07) is 14.3. The van der Waals surface area contributed by atoms with Crippen LogP contribution in [0.2, 0.25) is 0 Å². The first-order valence-corrected chi connectivity index (χ1v) is 11.5. The quantitative estimate of drug-likeness (QED) is 0.259. The van der Waals surface area contributed by atoms with Gasteiger partial charge in [-0.15, -0.1) is 0 Å². The summed E-state index contributed by atoms with van der Waals surface area (Å²) in [5.74, 6) is -1.06. The number of rotatable bonds is 6. The zero-order valence-electron chi connectivity index (χ0n) is 20.8. The Kier molecular flexibility index (Phi) is 7.37. The van der Waals surface area contributed by atoms with E-state index in [1.807, 2.05) is 0 Å². The van der Waals surface area contributed by atoms with Crippen LogP contribution in [-0.2, 0) is 16.8 Å². The molecule has 0 saturated carbocycles. The molecule has 210 valence electrons. The first-order chi connectivity index (χ1) is 18.7. The van der Waals surface area contributed by atoms with Crippen LogP contribution in [0.1, 0.15) is 27.3 Å². The second kappa shape index (κ2) is 10.3. The lowest BCUT2D eigenvalue weighted by atomic mass is 9.90. The molecule has 0 amide bonds. The van der Waals surface area contributed by atoms with Gasteiger partial charge in [-0.3, -0.25) is 9.36 Å². The Morgan fingerprint density at radius 3 is 2.15 bits per heavy atom. The number of ether oxygens (including phenoxy) is 2. The van der Waals surface area contributed by atoms with E-state index in [2.05, 4.69) is 9.72 Å². The maximum atomic E-state index is 13.8. The molecule has 1 aromatic heterocycles. The smallest absolute Gasteiger partial charge is 0.430 e. The van der Waals surface area contributed by atoms with Crippen molar-refractivity contribution in [3.05, 3.63) is 99.6 Å². The third-order valence-corrected chi connectivity index (χ3v) is 6.23. The molecule has 0 aliphatic heterocycles. The van der Waals surface area contributed by atoms with Gasteiger partial charge in [0.1, 0.15) is 11.6 Å². The topological polar surface area (TPSA) is 90.7 Å². The van der Waals surface area contributed by atoms with Gasteiger partial charge < -0.3 is 14.6 Å². The molecule has 40 heavy (non-hydrogen) atoms. The third-order valence-electron chi connectivity index (χ3n) is 6.23. The molecule has 0 saturated heterocycles. The van der Waals surface area contributed by atoms with Crippen molar-refractivity contribution in [2.45, 2.75) is 24.4 Å². The third kappa shape index (κ3) is 4.88. The van der Waals surface area contributed by atoms with E-state index in [4.69, 9.17) is 4.74 Å². The SMILES string of the molecule is COC(=O)c1cc(C(O)(C(F)(F)F)C(F)(F)F)ccc1-n1c(Cc2ccccc2)nc2ccc(OC)cc2c1=O. The molecule has 0 unspecified atom stereocenters. The number of methoxy groups -OCH3 is 2. The predicted octanol–water partition coefficient (Wildman–Crippen LogP) is 5.08. The number of hydrogen-bond donors (Lipinski definition) is 1. The number of alkyl halides is 6. The number of nitrogens with zero attached hydrogens (tertiary/aromatic N) is 2. The summed E-state index contributed by atoms with van der Waals surface area (Å²) in [6.07, 6.45) is -12.4. The summed E-state index contributed by atoms with van der Waals surface area (Å²) in [5, 5.41) is 9.90. The van der Waals surface area contributed by atoms with Crippen molar-refractivity contribution in [3.63, 3.8) is 0 Å². The Balaban J connectivity index is 2.07. The molecule has 3 aromatic carbocycles. The minimum absolute atomic E-state index is 0.00172. The lowest BCUT2D eigenvalue weighted by Gasteiger charge is -2.33. The van der Waals surface area contributed by atoms with E-state index >= 15 is 0 Å². The van der Waals surface area contributed by atoms with Gasteiger partial charge in [0.2, 0.25) is 0 Å². The zero-order valence-corrected chi connectivity index (χ0v) is 20.8. The summed E-state index contributed by atoms with van der Waals surface area (Å²) in [6.45, 7) is 0. The fourth-order valence-electron chi connectivity index (χ4n) is 4.20. The zero-order chi connectivity index (χ0) is 29.5. The Labute approximate surface area is 222 Å². The summed E-state index contributed by atoms with van der Waals surface area (Å²) in [4.78, 5) is 31.0. The highest BCUT2D eigenvalue weighted by molar-refractivity contribution is 5.94. The van der Waals surface area contributed by atoms with Gasteiger partial charge in [0, 0.05) is 12.0 Å². The number of fused-ring (bicyclic) bond motifs is 1. The fraction of sp³-hybridized carbons (Fsp3) is 0.222. The molecule has 0 fully saturated rings.